The number of nitrogens with zero attached hydrogens (tertiary/aromatic N) is 1. The van der Waals surface area contributed by atoms with Crippen molar-refractivity contribution in [1.29, 1.82) is 0 Å². The Morgan fingerprint density at radius 2 is 1.59 bits per heavy atom. The maximum absolute atomic E-state index is 4.52. The minimum absolute atomic E-state index is 1.06. The minimum atomic E-state index is 1.06. The quantitative estimate of drug-likeness (QED) is 0.757. The second kappa shape index (κ2) is 5.62. The molecule has 0 fully saturated rings. The van der Waals surface area contributed by atoms with Crippen LogP contribution in [0.25, 0.3) is 11.3 Å². The molecule has 2 rings (SSSR count). The summed E-state index contributed by atoms with van der Waals surface area (Å²) in [6.45, 7) is 4.37. The fourth-order valence-corrected chi connectivity index (χ4v) is 1.94. The predicted molar refractivity (Wildman–Crippen MR) is 73.0 cm³/mol. The lowest BCUT2D eigenvalue weighted by Crippen LogP contribution is -1.88. The number of pyridine rings is 1. The Bertz CT molecular complexity index is 454. The van der Waals surface area contributed by atoms with Crippen molar-refractivity contribution in [1.82, 2.24) is 4.98 Å². The maximum atomic E-state index is 4.52. The van der Waals surface area contributed by atoms with E-state index < -0.39 is 0 Å². The Morgan fingerprint density at radius 3 is 2.12 bits per heavy atom. The van der Waals surface area contributed by atoms with Crippen molar-refractivity contribution in [2.75, 3.05) is 0 Å². The molecule has 0 aliphatic rings. The zero-order chi connectivity index (χ0) is 12.1. The van der Waals surface area contributed by atoms with Gasteiger partial charge in [-0.25, -0.2) is 0 Å². The molecular formula is C16H19N. The Balaban J connectivity index is 2.20. The van der Waals surface area contributed by atoms with Crippen LogP contribution in [-0.2, 0) is 12.8 Å². The zero-order valence-electron chi connectivity index (χ0n) is 10.6. The van der Waals surface area contributed by atoms with Crippen LogP contribution in [0.3, 0.4) is 0 Å². The van der Waals surface area contributed by atoms with E-state index >= 15 is 0 Å². The van der Waals surface area contributed by atoms with Crippen LogP contribution in [0, 0.1) is 0 Å². The molecule has 88 valence electrons. The van der Waals surface area contributed by atoms with Gasteiger partial charge in [0, 0.05) is 11.8 Å². The van der Waals surface area contributed by atoms with Gasteiger partial charge in [0.1, 0.15) is 0 Å². The summed E-state index contributed by atoms with van der Waals surface area (Å²) >= 11 is 0. The molecule has 0 aliphatic carbocycles. The van der Waals surface area contributed by atoms with E-state index in [9.17, 15) is 0 Å². The summed E-state index contributed by atoms with van der Waals surface area (Å²) in [6, 6.07) is 13.0. The van der Waals surface area contributed by atoms with Gasteiger partial charge in [0.15, 0.2) is 0 Å². The van der Waals surface area contributed by atoms with Gasteiger partial charge >= 0.3 is 0 Å². The third-order valence-corrected chi connectivity index (χ3v) is 3.02. The lowest BCUT2D eigenvalue weighted by molar-refractivity contribution is 0.914. The monoisotopic (exact) mass is 225 g/mol. The van der Waals surface area contributed by atoms with Crippen molar-refractivity contribution >= 4 is 0 Å². The first-order valence-electron chi connectivity index (χ1n) is 6.37. The number of rotatable bonds is 4. The van der Waals surface area contributed by atoms with E-state index in [1.807, 2.05) is 6.20 Å². The molecule has 0 N–H and O–H groups in total. The molecule has 2 aromatic rings. The van der Waals surface area contributed by atoms with Gasteiger partial charge in [0.05, 0.1) is 5.69 Å². The minimum Gasteiger partial charge on any atom is -0.256 e. The summed E-state index contributed by atoms with van der Waals surface area (Å²) in [7, 11) is 0. The molecule has 0 spiro atoms. The van der Waals surface area contributed by atoms with Gasteiger partial charge in [-0.05, 0) is 30.0 Å². The highest BCUT2D eigenvalue weighted by molar-refractivity contribution is 5.59. The SMILES string of the molecule is CCCc1ccc(-c2ccc(CC)cc2)nc1. The van der Waals surface area contributed by atoms with Crippen LogP contribution in [0.15, 0.2) is 42.6 Å². The third-order valence-electron chi connectivity index (χ3n) is 3.02. The normalized spacial score (nSPS) is 10.5. The average Bonchev–Trinajstić information content (AvgIpc) is 2.40. The van der Waals surface area contributed by atoms with E-state index in [0.29, 0.717) is 0 Å². The van der Waals surface area contributed by atoms with Gasteiger partial charge in [-0.3, -0.25) is 4.98 Å². The Morgan fingerprint density at radius 1 is 0.882 bits per heavy atom. The fourth-order valence-electron chi connectivity index (χ4n) is 1.94. The molecule has 1 aromatic carbocycles. The van der Waals surface area contributed by atoms with Crippen molar-refractivity contribution in [3.05, 3.63) is 53.7 Å². The van der Waals surface area contributed by atoms with E-state index in [1.165, 1.54) is 23.1 Å². The molecule has 0 atom stereocenters. The lowest BCUT2D eigenvalue weighted by atomic mass is 10.1. The van der Waals surface area contributed by atoms with Crippen LogP contribution < -0.4 is 0 Å². The van der Waals surface area contributed by atoms with Crippen molar-refractivity contribution < 1.29 is 0 Å². The van der Waals surface area contributed by atoms with Gasteiger partial charge < -0.3 is 0 Å². The highest BCUT2D eigenvalue weighted by atomic mass is 14.7. The van der Waals surface area contributed by atoms with E-state index in [0.717, 1.165) is 18.5 Å². The van der Waals surface area contributed by atoms with Crippen LogP contribution >= 0.6 is 0 Å². The molecule has 1 nitrogen and oxygen atoms in total. The fraction of sp³-hybridized carbons (Fsp3) is 0.312. The second-order valence-corrected chi connectivity index (χ2v) is 4.35. The summed E-state index contributed by atoms with van der Waals surface area (Å²) in [5, 5.41) is 0. The van der Waals surface area contributed by atoms with Crippen molar-refractivity contribution in [2.45, 2.75) is 33.1 Å². The topological polar surface area (TPSA) is 12.9 Å². The molecule has 1 heteroatoms. The van der Waals surface area contributed by atoms with Crippen LogP contribution in [0.1, 0.15) is 31.4 Å². The Labute approximate surface area is 104 Å². The molecule has 0 bridgehead atoms. The number of hydrogen-bond donors (Lipinski definition) is 0. The summed E-state index contributed by atoms with van der Waals surface area (Å²) in [5.74, 6) is 0. The molecule has 0 amide bonds. The number of aryl methyl sites for hydroxylation is 2. The first kappa shape index (κ1) is 11.8. The third kappa shape index (κ3) is 2.94. The molecule has 1 aromatic heterocycles. The smallest absolute Gasteiger partial charge is 0.0702 e. The maximum Gasteiger partial charge on any atom is 0.0702 e. The number of hydrogen-bond acceptors (Lipinski definition) is 1. The second-order valence-electron chi connectivity index (χ2n) is 4.35. The van der Waals surface area contributed by atoms with Crippen molar-refractivity contribution in [3.8, 4) is 11.3 Å². The van der Waals surface area contributed by atoms with E-state index in [1.54, 1.807) is 0 Å². The van der Waals surface area contributed by atoms with Gasteiger partial charge in [-0.15, -0.1) is 0 Å². The highest BCUT2D eigenvalue weighted by Crippen LogP contribution is 2.18. The largest absolute Gasteiger partial charge is 0.256 e. The van der Waals surface area contributed by atoms with Crippen LogP contribution in [-0.4, -0.2) is 4.98 Å². The Hall–Kier alpha value is -1.63. The summed E-state index contributed by atoms with van der Waals surface area (Å²) in [6.07, 6.45) is 5.37. The molecule has 1 heterocycles. The van der Waals surface area contributed by atoms with E-state index in [2.05, 4.69) is 55.2 Å². The number of aromatic nitrogens is 1. The van der Waals surface area contributed by atoms with Crippen LogP contribution in [0.5, 0.6) is 0 Å². The van der Waals surface area contributed by atoms with E-state index in [-0.39, 0.29) is 0 Å². The Kier molecular flexibility index (Phi) is 3.92. The summed E-state index contributed by atoms with van der Waals surface area (Å²) in [5.41, 5.74) is 4.95. The molecule has 17 heavy (non-hydrogen) atoms. The standard InChI is InChI=1S/C16H19N/c1-3-5-14-8-11-16(17-12-14)15-9-6-13(4-2)7-10-15/h6-12H,3-5H2,1-2H3. The van der Waals surface area contributed by atoms with Crippen molar-refractivity contribution in [3.63, 3.8) is 0 Å². The molecule has 0 radical (unpaired) electrons. The average molecular weight is 225 g/mol. The molecule has 0 saturated heterocycles. The van der Waals surface area contributed by atoms with Crippen LogP contribution in [0.4, 0.5) is 0 Å². The van der Waals surface area contributed by atoms with Gasteiger partial charge in [-0.1, -0.05) is 50.6 Å². The highest BCUT2D eigenvalue weighted by Gasteiger charge is 1.99. The molecule has 0 unspecified atom stereocenters. The van der Waals surface area contributed by atoms with Gasteiger partial charge in [0.25, 0.3) is 0 Å². The molecular weight excluding hydrogens is 206 g/mol. The molecule has 0 aliphatic heterocycles. The summed E-state index contributed by atoms with van der Waals surface area (Å²) < 4.78 is 0. The zero-order valence-corrected chi connectivity index (χ0v) is 10.6. The lowest BCUT2D eigenvalue weighted by Gasteiger charge is -2.04. The summed E-state index contributed by atoms with van der Waals surface area (Å²) in [4.78, 5) is 4.52. The van der Waals surface area contributed by atoms with Crippen molar-refractivity contribution in [2.24, 2.45) is 0 Å². The van der Waals surface area contributed by atoms with Gasteiger partial charge in [0.2, 0.25) is 0 Å². The van der Waals surface area contributed by atoms with Crippen LogP contribution in [0.2, 0.25) is 0 Å². The van der Waals surface area contributed by atoms with E-state index in [4.69, 9.17) is 0 Å². The first-order valence-corrected chi connectivity index (χ1v) is 6.37. The van der Waals surface area contributed by atoms with Gasteiger partial charge in [-0.2, -0.15) is 0 Å². The predicted octanol–water partition coefficient (Wildman–Crippen LogP) is 4.26. The molecule has 0 saturated carbocycles. The first-order chi connectivity index (χ1) is 8.33. The number of benzene rings is 1.